The zero-order valence-electron chi connectivity index (χ0n) is 18.2. The van der Waals surface area contributed by atoms with Crippen LogP contribution in [0.25, 0.3) is 0 Å². The fraction of sp³-hybridized carbons (Fsp3) is 0.722. The summed E-state index contributed by atoms with van der Waals surface area (Å²) >= 11 is 1.23. The summed E-state index contributed by atoms with van der Waals surface area (Å²) in [7, 11) is -2.42. The van der Waals surface area contributed by atoms with E-state index in [0.717, 1.165) is 11.8 Å². The molecular formula is C18H25F3N4O6S2. The van der Waals surface area contributed by atoms with E-state index in [1.165, 1.54) is 21.4 Å². The van der Waals surface area contributed by atoms with Crippen molar-refractivity contribution in [2.75, 3.05) is 20.6 Å². The summed E-state index contributed by atoms with van der Waals surface area (Å²) in [6, 6.07) is -2.60. The lowest BCUT2D eigenvalue weighted by molar-refractivity contribution is -0.158. The average molecular weight is 515 g/mol. The van der Waals surface area contributed by atoms with Crippen molar-refractivity contribution in [1.29, 1.82) is 0 Å². The number of rotatable bonds is 7. The predicted molar refractivity (Wildman–Crippen MR) is 112 cm³/mol. The number of sulfonamides is 1. The molecule has 0 aromatic heterocycles. The van der Waals surface area contributed by atoms with Gasteiger partial charge in [0.05, 0.1) is 18.0 Å². The third kappa shape index (κ3) is 4.47. The van der Waals surface area contributed by atoms with Crippen LogP contribution in [0.1, 0.15) is 20.3 Å². The molecule has 3 aliphatic rings. The van der Waals surface area contributed by atoms with Crippen LogP contribution >= 0.6 is 11.8 Å². The first-order valence-electron chi connectivity index (χ1n) is 10.1. The van der Waals surface area contributed by atoms with Crippen molar-refractivity contribution in [2.24, 2.45) is 11.8 Å². The van der Waals surface area contributed by atoms with E-state index in [0.29, 0.717) is 17.9 Å². The van der Waals surface area contributed by atoms with Gasteiger partial charge >= 0.3 is 21.5 Å². The fourth-order valence-corrected chi connectivity index (χ4v) is 6.80. The molecule has 0 radical (unpaired) electrons. The Kier molecular flexibility index (Phi) is 6.83. The Morgan fingerprint density at radius 3 is 2.45 bits per heavy atom. The van der Waals surface area contributed by atoms with Crippen molar-refractivity contribution in [3.8, 4) is 0 Å². The normalized spacial score (nSPS) is 30.8. The maximum Gasteiger partial charge on any atom is 0.511 e. The Morgan fingerprint density at radius 1 is 1.33 bits per heavy atom. The number of aliphatic carboxylic acids is 1. The van der Waals surface area contributed by atoms with Crippen LogP contribution in [-0.4, -0.2) is 90.6 Å². The quantitative estimate of drug-likeness (QED) is 0.408. The van der Waals surface area contributed by atoms with Crippen molar-refractivity contribution in [3.05, 3.63) is 10.6 Å². The first kappa shape index (κ1) is 25.8. The van der Waals surface area contributed by atoms with Crippen LogP contribution in [0.4, 0.5) is 13.2 Å². The van der Waals surface area contributed by atoms with E-state index in [9.17, 15) is 41.1 Å². The number of alkyl halides is 3. The smallest absolute Gasteiger partial charge is 0.477 e. The van der Waals surface area contributed by atoms with E-state index in [1.54, 1.807) is 21.0 Å². The molecule has 6 atom stereocenters. The van der Waals surface area contributed by atoms with Crippen LogP contribution in [0.5, 0.6) is 0 Å². The van der Waals surface area contributed by atoms with Gasteiger partial charge in [0.2, 0.25) is 11.8 Å². The standard InChI is InChI=1S/C18H25F3N4O6S2/c1-7-12-11(8(2)23-33(30,31)18(19,20)21)16(27)25(12)13(17(28)29)14(7)32-9-5-10(22-6-9)15(26)24(3)4/h7-12,22-23H,5-6H2,1-4H3,(H,28,29)/t7-,8-,9+,10+,11-,12-/m1/s1. The van der Waals surface area contributed by atoms with E-state index >= 15 is 0 Å². The second-order valence-electron chi connectivity index (χ2n) is 8.56. The molecule has 3 N–H and O–H groups in total. The topological polar surface area (TPSA) is 136 Å². The minimum absolute atomic E-state index is 0.116. The van der Waals surface area contributed by atoms with E-state index in [2.05, 4.69) is 5.32 Å². The maximum absolute atomic E-state index is 12.7. The van der Waals surface area contributed by atoms with E-state index in [4.69, 9.17) is 0 Å². The number of β-lactam (4-membered cyclic amide) rings is 1. The highest BCUT2D eigenvalue weighted by atomic mass is 32.2. The van der Waals surface area contributed by atoms with Gasteiger partial charge in [-0.1, -0.05) is 6.92 Å². The number of carboxylic acids is 1. The van der Waals surface area contributed by atoms with Crippen LogP contribution < -0.4 is 10.0 Å². The number of likely N-dealkylation sites (N-methyl/N-ethyl adjacent to an activating group) is 1. The van der Waals surface area contributed by atoms with Crippen LogP contribution in [0.2, 0.25) is 0 Å². The zero-order valence-corrected chi connectivity index (χ0v) is 19.8. The fourth-order valence-electron chi connectivity index (χ4n) is 4.55. The van der Waals surface area contributed by atoms with Crippen LogP contribution in [-0.2, 0) is 24.4 Å². The van der Waals surface area contributed by atoms with Gasteiger partial charge in [-0.15, -0.1) is 11.8 Å². The predicted octanol–water partition coefficient (Wildman–Crippen LogP) is 0.139. The average Bonchev–Trinajstić information content (AvgIpc) is 3.22. The Balaban J connectivity index is 1.78. The number of hydrogen-bond donors (Lipinski definition) is 3. The zero-order chi connectivity index (χ0) is 25.0. The van der Waals surface area contributed by atoms with Crippen molar-refractivity contribution in [3.63, 3.8) is 0 Å². The highest BCUT2D eigenvalue weighted by molar-refractivity contribution is 8.03. The molecule has 2 amide bonds. The van der Waals surface area contributed by atoms with Gasteiger partial charge in [0.25, 0.3) is 0 Å². The van der Waals surface area contributed by atoms with Gasteiger partial charge in [0, 0.05) is 42.8 Å². The van der Waals surface area contributed by atoms with Crippen molar-refractivity contribution < 1.29 is 41.1 Å². The summed E-state index contributed by atoms with van der Waals surface area (Å²) in [6.45, 7) is 3.24. The summed E-state index contributed by atoms with van der Waals surface area (Å²) in [5, 5.41) is 12.7. The molecule has 2 saturated heterocycles. The summed E-state index contributed by atoms with van der Waals surface area (Å²) in [5.41, 5.74) is -5.77. The van der Waals surface area contributed by atoms with E-state index in [-0.39, 0.29) is 16.9 Å². The van der Waals surface area contributed by atoms with Gasteiger partial charge in [-0.05, 0) is 13.3 Å². The minimum Gasteiger partial charge on any atom is -0.477 e. The second-order valence-corrected chi connectivity index (χ2v) is 11.6. The number of fused-ring (bicyclic) bond motifs is 1. The van der Waals surface area contributed by atoms with E-state index < -0.39 is 57.4 Å². The molecule has 10 nitrogen and oxygen atoms in total. The maximum atomic E-state index is 12.7. The monoisotopic (exact) mass is 514 g/mol. The molecule has 15 heteroatoms. The number of amides is 2. The molecule has 0 spiro atoms. The number of thioether (sulfide) groups is 1. The lowest BCUT2D eigenvalue weighted by atomic mass is 9.78. The third-order valence-corrected chi connectivity index (χ3v) is 8.90. The van der Waals surface area contributed by atoms with Gasteiger partial charge in [-0.25, -0.2) is 17.9 Å². The summed E-state index contributed by atoms with van der Waals surface area (Å²) in [6.07, 6.45) is 0.439. The molecule has 3 heterocycles. The molecule has 0 aliphatic carbocycles. The Labute approximate surface area is 193 Å². The molecule has 3 aliphatic heterocycles. The number of halogens is 3. The lowest BCUT2D eigenvalue weighted by Gasteiger charge is -2.47. The molecule has 33 heavy (non-hydrogen) atoms. The highest BCUT2D eigenvalue weighted by Gasteiger charge is 2.61. The summed E-state index contributed by atoms with van der Waals surface area (Å²) in [5.74, 6) is -3.90. The molecule has 0 aromatic rings. The van der Waals surface area contributed by atoms with Gasteiger partial charge in [0.15, 0.2) is 0 Å². The first-order chi connectivity index (χ1) is 15.1. The van der Waals surface area contributed by atoms with Crippen molar-refractivity contribution >= 4 is 39.6 Å². The number of hydrogen-bond acceptors (Lipinski definition) is 7. The van der Waals surface area contributed by atoms with Gasteiger partial charge in [-0.3, -0.25) is 9.59 Å². The minimum atomic E-state index is -5.67. The molecule has 2 fully saturated rings. The second kappa shape index (κ2) is 8.74. The van der Waals surface area contributed by atoms with E-state index in [1.807, 2.05) is 0 Å². The number of carbonyl (C=O) groups excluding carboxylic acids is 2. The largest absolute Gasteiger partial charge is 0.511 e. The molecule has 0 aromatic carbocycles. The molecular weight excluding hydrogens is 489 g/mol. The summed E-state index contributed by atoms with van der Waals surface area (Å²) < 4.78 is 62.7. The van der Waals surface area contributed by atoms with Gasteiger partial charge < -0.3 is 20.2 Å². The summed E-state index contributed by atoms with van der Waals surface area (Å²) in [4.78, 5) is 39.7. The number of carboxylic acid groups (broad SMARTS) is 1. The van der Waals surface area contributed by atoms with Crippen molar-refractivity contribution in [1.82, 2.24) is 19.8 Å². The van der Waals surface area contributed by atoms with Crippen molar-refractivity contribution in [2.45, 2.75) is 49.2 Å². The molecule has 0 unspecified atom stereocenters. The Morgan fingerprint density at radius 2 is 1.94 bits per heavy atom. The SMILES string of the molecule is C[C@@H](NS(=O)(=O)C(F)(F)F)[C@H]1C(=O)N2C(C(=O)O)=C(S[C@@H]3CN[C@H](C(=O)N(C)C)C3)[C@H](C)[C@H]12. The molecule has 3 rings (SSSR count). The van der Waals surface area contributed by atoms with Gasteiger partial charge in [-0.2, -0.15) is 13.2 Å². The van der Waals surface area contributed by atoms with Gasteiger partial charge in [0.1, 0.15) is 5.70 Å². The van der Waals surface area contributed by atoms with Crippen LogP contribution in [0.3, 0.4) is 0 Å². The third-order valence-electron chi connectivity index (χ3n) is 6.10. The Bertz CT molecular complexity index is 1000. The van der Waals surface area contributed by atoms with Crippen LogP contribution in [0, 0.1) is 11.8 Å². The Hall–Kier alpha value is -1.84. The highest BCUT2D eigenvalue weighted by Crippen LogP contribution is 2.52. The number of nitrogens with one attached hydrogen (secondary N) is 2. The number of carbonyl (C=O) groups is 3. The lowest BCUT2D eigenvalue weighted by Crippen LogP contribution is -2.66. The number of nitrogens with zero attached hydrogens (tertiary/aromatic N) is 2. The molecule has 186 valence electrons. The first-order valence-corrected chi connectivity index (χ1v) is 12.4. The van der Waals surface area contributed by atoms with Crippen LogP contribution in [0.15, 0.2) is 10.6 Å². The molecule has 0 saturated carbocycles. The molecule has 0 bridgehead atoms.